The van der Waals surface area contributed by atoms with E-state index in [9.17, 15) is 0 Å². The molecular weight excluding hydrogens is 571 g/mol. The molecule has 4 heteroatoms. The minimum Gasteiger partial charge on any atom is -0.315 e. The van der Waals surface area contributed by atoms with Crippen LogP contribution in [0.25, 0.3) is 28.5 Å². The predicted octanol–water partition coefficient (Wildman–Crippen LogP) is 7.26. The Morgan fingerprint density at radius 1 is 0.781 bits per heavy atom. The summed E-state index contributed by atoms with van der Waals surface area (Å²) in [5.74, 6) is 2.44. The van der Waals surface area contributed by atoms with E-state index < -0.39 is 0 Å². The summed E-state index contributed by atoms with van der Waals surface area (Å²) in [5, 5.41) is 9.43. The van der Waals surface area contributed by atoms with Gasteiger partial charge >= 0.3 is 0 Å². The van der Waals surface area contributed by atoms with Crippen molar-refractivity contribution in [1.82, 2.24) is 14.8 Å². The fourth-order valence-electron chi connectivity index (χ4n) is 4.15. The van der Waals surface area contributed by atoms with Crippen LogP contribution in [0.1, 0.15) is 61.8 Å². The Labute approximate surface area is 205 Å². The molecule has 0 fully saturated rings. The van der Waals surface area contributed by atoms with E-state index in [-0.39, 0.29) is 20.1 Å². The summed E-state index contributed by atoms with van der Waals surface area (Å²) in [4.78, 5) is 0. The summed E-state index contributed by atoms with van der Waals surface area (Å²) in [7, 11) is 0. The second kappa shape index (κ2) is 9.94. The molecule has 0 spiro atoms. The molecule has 0 saturated carbocycles. The molecule has 3 nitrogen and oxygen atoms in total. The summed E-state index contributed by atoms with van der Waals surface area (Å²) in [6.07, 6.45) is 0. The largest absolute Gasteiger partial charge is 0.315 e. The zero-order chi connectivity index (χ0) is 22.1. The van der Waals surface area contributed by atoms with E-state index in [0.717, 1.165) is 22.8 Å². The molecule has 167 valence electrons. The van der Waals surface area contributed by atoms with Crippen LogP contribution in [-0.4, -0.2) is 14.8 Å². The van der Waals surface area contributed by atoms with Gasteiger partial charge in [-0.25, -0.2) is 0 Å². The van der Waals surface area contributed by atoms with Gasteiger partial charge in [0.25, 0.3) is 0 Å². The molecule has 0 unspecified atom stereocenters. The third kappa shape index (κ3) is 4.48. The molecule has 0 aliphatic rings. The Morgan fingerprint density at radius 2 is 1.41 bits per heavy atom. The van der Waals surface area contributed by atoms with E-state index in [2.05, 4.69) is 107 Å². The molecule has 0 amide bonds. The van der Waals surface area contributed by atoms with Crippen LogP contribution in [0.15, 0.2) is 60.7 Å². The first-order chi connectivity index (χ1) is 14.9. The quantitative estimate of drug-likeness (QED) is 0.226. The van der Waals surface area contributed by atoms with Crippen LogP contribution in [0.4, 0.5) is 0 Å². The maximum absolute atomic E-state index is 4.72. The Kier molecular flexibility index (Phi) is 7.48. The molecule has 0 aliphatic heterocycles. The van der Waals surface area contributed by atoms with E-state index in [1.807, 2.05) is 6.07 Å². The normalized spacial score (nSPS) is 11.1. The van der Waals surface area contributed by atoms with E-state index in [0.29, 0.717) is 11.8 Å². The monoisotopic (exact) mass is 601 g/mol. The average Bonchev–Trinajstić information content (AvgIpc) is 3.18. The van der Waals surface area contributed by atoms with E-state index in [4.69, 9.17) is 10.2 Å². The van der Waals surface area contributed by atoms with Crippen LogP contribution in [0, 0.1) is 19.9 Å². The van der Waals surface area contributed by atoms with Crippen molar-refractivity contribution in [3.05, 3.63) is 89.0 Å². The van der Waals surface area contributed by atoms with Gasteiger partial charge in [-0.1, -0.05) is 77.1 Å². The van der Waals surface area contributed by atoms with Gasteiger partial charge < -0.3 is 4.57 Å². The summed E-state index contributed by atoms with van der Waals surface area (Å²) in [6.45, 7) is 13.2. The van der Waals surface area contributed by atoms with Crippen LogP contribution in [-0.2, 0) is 20.1 Å². The third-order valence-corrected chi connectivity index (χ3v) is 5.81. The first-order valence-electron chi connectivity index (χ1n) is 11.0. The Balaban J connectivity index is 0.00000289. The fraction of sp³-hybridized carbons (Fsp3) is 0.286. The van der Waals surface area contributed by atoms with Crippen LogP contribution in [0.3, 0.4) is 0 Å². The molecule has 3 aromatic carbocycles. The van der Waals surface area contributed by atoms with Gasteiger partial charge in [-0.3, -0.25) is 0 Å². The number of aryl methyl sites for hydroxylation is 2. The summed E-state index contributed by atoms with van der Waals surface area (Å²) >= 11 is 0. The smallest absolute Gasteiger partial charge is 0.159 e. The van der Waals surface area contributed by atoms with Crippen LogP contribution < -0.4 is 0 Å². The molecule has 4 rings (SSSR count). The van der Waals surface area contributed by atoms with Gasteiger partial charge in [0.05, 0.1) is 5.82 Å². The summed E-state index contributed by atoms with van der Waals surface area (Å²) < 4.78 is 2.26. The zero-order valence-electron chi connectivity index (χ0n) is 19.6. The van der Waals surface area contributed by atoms with Gasteiger partial charge in [0, 0.05) is 31.4 Å². The maximum atomic E-state index is 4.72. The third-order valence-electron chi connectivity index (χ3n) is 5.81. The van der Waals surface area contributed by atoms with Gasteiger partial charge in [0.1, 0.15) is 0 Å². The molecule has 0 N–H and O–H groups in total. The molecule has 1 aromatic heterocycles. The van der Waals surface area contributed by atoms with E-state index in [1.165, 1.54) is 27.9 Å². The van der Waals surface area contributed by atoms with Crippen molar-refractivity contribution in [2.75, 3.05) is 0 Å². The van der Waals surface area contributed by atoms with E-state index >= 15 is 0 Å². The Morgan fingerprint density at radius 3 is 2.00 bits per heavy atom. The van der Waals surface area contributed by atoms with Crippen LogP contribution in [0.2, 0.25) is 0 Å². The number of para-hydroxylation sites is 1. The minimum atomic E-state index is 0. The first kappa shape index (κ1) is 24.1. The van der Waals surface area contributed by atoms with Crippen LogP contribution >= 0.6 is 0 Å². The van der Waals surface area contributed by atoms with Crippen molar-refractivity contribution in [3.63, 3.8) is 0 Å². The molecule has 1 heterocycles. The van der Waals surface area contributed by atoms with Gasteiger partial charge in [-0.05, 0) is 35.4 Å². The number of hydrogen-bond donors (Lipinski definition) is 0. The fourth-order valence-corrected chi connectivity index (χ4v) is 4.15. The summed E-state index contributed by atoms with van der Waals surface area (Å²) in [6, 6.07) is 24.6. The van der Waals surface area contributed by atoms with Crippen molar-refractivity contribution in [2.24, 2.45) is 0 Å². The number of hydrogen-bond acceptors (Lipinski definition) is 2. The molecule has 0 bridgehead atoms. The maximum Gasteiger partial charge on any atom is 0.159 e. The van der Waals surface area contributed by atoms with E-state index in [1.54, 1.807) is 0 Å². The topological polar surface area (TPSA) is 30.7 Å². The van der Waals surface area contributed by atoms with Gasteiger partial charge in [-0.15, -0.1) is 40.5 Å². The van der Waals surface area contributed by atoms with Gasteiger partial charge in [0.2, 0.25) is 0 Å². The second-order valence-electron chi connectivity index (χ2n) is 8.87. The molecule has 0 saturated heterocycles. The first-order valence-corrected chi connectivity index (χ1v) is 11.0. The molecule has 0 atom stereocenters. The minimum absolute atomic E-state index is 0. The molecule has 4 aromatic rings. The van der Waals surface area contributed by atoms with Gasteiger partial charge in [-0.2, -0.15) is 5.10 Å². The number of rotatable bonds is 5. The molecule has 32 heavy (non-hydrogen) atoms. The zero-order valence-corrected chi connectivity index (χ0v) is 22.0. The van der Waals surface area contributed by atoms with Crippen molar-refractivity contribution in [3.8, 4) is 28.5 Å². The van der Waals surface area contributed by atoms with Crippen LogP contribution in [0.5, 0.6) is 0 Å². The molecule has 0 aliphatic carbocycles. The number of benzene rings is 3. The van der Waals surface area contributed by atoms with Crippen molar-refractivity contribution >= 4 is 0 Å². The summed E-state index contributed by atoms with van der Waals surface area (Å²) in [5.41, 5.74) is 8.22. The number of aromatic nitrogens is 3. The predicted molar refractivity (Wildman–Crippen MR) is 129 cm³/mol. The standard InChI is InChI=1S/C28H30N3.Ir/c1-18(2)23-15-10-16-24(19(3)4)26(23)31-27(22-13-9-11-20(5)17-22)29-30-28(31)25-14-8-7-12-21(25)6;/h7-12,14-19H,1-6H3;/q-1;. The van der Waals surface area contributed by atoms with Crippen molar-refractivity contribution in [1.29, 1.82) is 0 Å². The Hall–Kier alpha value is -2.55. The van der Waals surface area contributed by atoms with Gasteiger partial charge in [0.15, 0.2) is 5.82 Å². The average molecular weight is 601 g/mol. The SMILES string of the molecule is Cc1cc[c-]c(-c2nnc(-c3ccccc3C)n2-c2c(C(C)C)cccc2C(C)C)c1.[Ir]. The Bertz CT molecular complexity index is 1190. The van der Waals surface area contributed by atoms with Crippen molar-refractivity contribution in [2.45, 2.75) is 53.4 Å². The number of nitrogens with zero attached hydrogens (tertiary/aromatic N) is 3. The molecular formula is C28H30IrN3-. The molecule has 1 radical (unpaired) electrons. The second-order valence-corrected chi connectivity index (χ2v) is 8.87. The van der Waals surface area contributed by atoms with Crippen molar-refractivity contribution < 1.29 is 20.1 Å².